The van der Waals surface area contributed by atoms with E-state index in [1.54, 1.807) is 0 Å². The summed E-state index contributed by atoms with van der Waals surface area (Å²) in [5.74, 6) is 1.69. The lowest BCUT2D eigenvalue weighted by molar-refractivity contribution is 0.627. The van der Waals surface area contributed by atoms with Gasteiger partial charge in [0.1, 0.15) is 11.9 Å². The summed E-state index contributed by atoms with van der Waals surface area (Å²) in [4.78, 5) is 0. The second-order valence-corrected chi connectivity index (χ2v) is 6.04. The van der Waals surface area contributed by atoms with Crippen molar-refractivity contribution in [1.82, 2.24) is 14.8 Å². The number of benzene rings is 1. The van der Waals surface area contributed by atoms with Gasteiger partial charge in [-0.05, 0) is 36.6 Å². The van der Waals surface area contributed by atoms with Crippen molar-refractivity contribution in [3.8, 4) is 6.07 Å². The summed E-state index contributed by atoms with van der Waals surface area (Å²) in [6.07, 6.45) is 6.29. The molecule has 0 radical (unpaired) electrons. The lowest BCUT2D eigenvalue weighted by Gasteiger charge is -2.05. The van der Waals surface area contributed by atoms with Gasteiger partial charge in [0.25, 0.3) is 0 Å². The molecule has 1 aliphatic rings. The van der Waals surface area contributed by atoms with Crippen molar-refractivity contribution in [2.75, 3.05) is 0 Å². The lowest BCUT2D eigenvalue weighted by atomic mass is 10.1. The van der Waals surface area contributed by atoms with Crippen LogP contribution in [-0.2, 0) is 13.0 Å². The summed E-state index contributed by atoms with van der Waals surface area (Å²) < 4.78 is 3.09. The molecular formula is C16H15BrN4. The highest BCUT2D eigenvalue weighted by Crippen LogP contribution is 2.22. The van der Waals surface area contributed by atoms with Crippen LogP contribution < -0.4 is 0 Å². The molecule has 0 aliphatic carbocycles. The largest absolute Gasteiger partial charge is 0.310 e. The van der Waals surface area contributed by atoms with Crippen molar-refractivity contribution in [1.29, 1.82) is 5.26 Å². The van der Waals surface area contributed by atoms with Gasteiger partial charge in [-0.15, -0.1) is 10.2 Å². The Morgan fingerprint density at radius 1 is 1.29 bits per heavy atom. The van der Waals surface area contributed by atoms with E-state index >= 15 is 0 Å². The molecular weight excluding hydrogens is 328 g/mol. The van der Waals surface area contributed by atoms with E-state index in [4.69, 9.17) is 0 Å². The van der Waals surface area contributed by atoms with E-state index in [1.165, 1.54) is 6.42 Å². The fourth-order valence-electron chi connectivity index (χ4n) is 2.59. The molecule has 3 rings (SSSR count). The van der Waals surface area contributed by atoms with Crippen LogP contribution in [0.5, 0.6) is 0 Å². The SMILES string of the molecule is N#CC(=Cc1cccc(Br)c1)c1nnc2n1CCCCC2. The molecule has 5 heteroatoms. The van der Waals surface area contributed by atoms with E-state index in [0.29, 0.717) is 11.4 Å². The zero-order valence-corrected chi connectivity index (χ0v) is 13.2. The molecule has 4 nitrogen and oxygen atoms in total. The Morgan fingerprint density at radius 2 is 2.19 bits per heavy atom. The molecule has 2 heterocycles. The first-order valence-electron chi connectivity index (χ1n) is 7.08. The zero-order chi connectivity index (χ0) is 14.7. The summed E-state index contributed by atoms with van der Waals surface area (Å²) in [6.45, 7) is 0.898. The minimum atomic E-state index is 0.564. The van der Waals surface area contributed by atoms with Crippen LogP contribution in [0.1, 0.15) is 36.5 Å². The molecule has 0 bridgehead atoms. The predicted molar refractivity (Wildman–Crippen MR) is 85.2 cm³/mol. The van der Waals surface area contributed by atoms with Gasteiger partial charge in [0.05, 0.1) is 5.57 Å². The van der Waals surface area contributed by atoms with Crippen molar-refractivity contribution in [2.24, 2.45) is 0 Å². The average molecular weight is 343 g/mol. The number of halogens is 1. The topological polar surface area (TPSA) is 54.5 Å². The molecule has 1 aromatic carbocycles. The first-order chi connectivity index (χ1) is 10.3. The molecule has 0 atom stereocenters. The molecule has 0 unspecified atom stereocenters. The Hall–Kier alpha value is -1.93. The van der Waals surface area contributed by atoms with E-state index in [0.717, 1.165) is 41.7 Å². The van der Waals surface area contributed by atoms with Crippen LogP contribution in [-0.4, -0.2) is 14.8 Å². The Labute approximate surface area is 132 Å². The van der Waals surface area contributed by atoms with Gasteiger partial charge >= 0.3 is 0 Å². The molecule has 106 valence electrons. The van der Waals surface area contributed by atoms with Gasteiger partial charge in [-0.1, -0.05) is 34.5 Å². The van der Waals surface area contributed by atoms with Crippen LogP contribution in [0.25, 0.3) is 11.6 Å². The Kier molecular flexibility index (Phi) is 4.16. The van der Waals surface area contributed by atoms with E-state index < -0.39 is 0 Å². The number of hydrogen-bond donors (Lipinski definition) is 0. The molecule has 0 N–H and O–H groups in total. The van der Waals surface area contributed by atoms with Gasteiger partial charge in [-0.2, -0.15) is 5.26 Å². The predicted octanol–water partition coefficient (Wildman–Crippen LogP) is 3.83. The number of allylic oxidation sites excluding steroid dienone is 1. The summed E-state index contributed by atoms with van der Waals surface area (Å²) in [5.41, 5.74) is 1.54. The normalized spacial score (nSPS) is 15.1. The first kappa shape index (κ1) is 14.0. The molecule has 1 aliphatic heterocycles. The zero-order valence-electron chi connectivity index (χ0n) is 11.6. The minimum absolute atomic E-state index is 0.564. The third-order valence-corrected chi connectivity index (χ3v) is 4.12. The first-order valence-corrected chi connectivity index (χ1v) is 7.87. The maximum atomic E-state index is 9.49. The molecule has 1 aromatic heterocycles. The smallest absolute Gasteiger partial charge is 0.174 e. The molecule has 0 saturated heterocycles. The van der Waals surface area contributed by atoms with Gasteiger partial charge in [-0.3, -0.25) is 0 Å². The van der Waals surface area contributed by atoms with Gasteiger partial charge in [0, 0.05) is 17.4 Å². The quantitative estimate of drug-likeness (QED) is 0.779. The van der Waals surface area contributed by atoms with Crippen molar-refractivity contribution in [3.63, 3.8) is 0 Å². The van der Waals surface area contributed by atoms with Crippen LogP contribution in [0.15, 0.2) is 28.7 Å². The van der Waals surface area contributed by atoms with Crippen LogP contribution in [0.2, 0.25) is 0 Å². The second-order valence-electron chi connectivity index (χ2n) is 5.13. The Balaban J connectivity index is 2.01. The Morgan fingerprint density at radius 3 is 3.00 bits per heavy atom. The lowest BCUT2D eigenvalue weighted by Crippen LogP contribution is -2.05. The fraction of sp³-hybridized carbons (Fsp3) is 0.312. The minimum Gasteiger partial charge on any atom is -0.310 e. The number of rotatable bonds is 2. The fourth-order valence-corrected chi connectivity index (χ4v) is 3.01. The molecule has 0 saturated carbocycles. The molecule has 2 aromatic rings. The highest BCUT2D eigenvalue weighted by Gasteiger charge is 2.17. The molecule has 0 amide bonds. The van der Waals surface area contributed by atoms with E-state index in [9.17, 15) is 5.26 Å². The number of nitriles is 1. The average Bonchev–Trinajstić information content (AvgIpc) is 2.73. The number of fused-ring (bicyclic) bond motifs is 1. The monoisotopic (exact) mass is 342 g/mol. The molecule has 21 heavy (non-hydrogen) atoms. The van der Waals surface area contributed by atoms with Crippen molar-refractivity contribution in [3.05, 3.63) is 46.0 Å². The van der Waals surface area contributed by atoms with E-state index in [1.807, 2.05) is 30.3 Å². The second kappa shape index (κ2) is 6.23. The van der Waals surface area contributed by atoms with E-state index in [-0.39, 0.29) is 0 Å². The Bertz CT molecular complexity index is 724. The summed E-state index contributed by atoms with van der Waals surface area (Å²) in [7, 11) is 0. The standard InChI is InChI=1S/C16H15BrN4/c17-14-6-4-5-12(10-14)9-13(11-18)16-20-19-15-7-2-1-3-8-21(15)16/h4-6,9-10H,1-3,7-8H2. The summed E-state index contributed by atoms with van der Waals surface area (Å²) in [5, 5.41) is 18.0. The third-order valence-electron chi connectivity index (χ3n) is 3.63. The van der Waals surface area contributed by atoms with Crippen molar-refractivity contribution >= 4 is 27.6 Å². The van der Waals surface area contributed by atoms with Gasteiger partial charge in [0.15, 0.2) is 5.82 Å². The summed E-state index contributed by atoms with van der Waals surface area (Å²) in [6, 6.07) is 10.1. The summed E-state index contributed by atoms with van der Waals surface area (Å²) >= 11 is 3.45. The highest BCUT2D eigenvalue weighted by atomic mass is 79.9. The van der Waals surface area contributed by atoms with Crippen LogP contribution in [0.3, 0.4) is 0 Å². The van der Waals surface area contributed by atoms with Crippen LogP contribution in [0.4, 0.5) is 0 Å². The molecule has 0 fully saturated rings. The van der Waals surface area contributed by atoms with Crippen LogP contribution >= 0.6 is 15.9 Å². The number of aromatic nitrogens is 3. The van der Waals surface area contributed by atoms with Gasteiger partial charge in [-0.25, -0.2) is 0 Å². The third kappa shape index (κ3) is 3.06. The van der Waals surface area contributed by atoms with Crippen molar-refractivity contribution < 1.29 is 0 Å². The number of hydrogen-bond acceptors (Lipinski definition) is 3. The van der Waals surface area contributed by atoms with Crippen molar-refractivity contribution in [2.45, 2.75) is 32.2 Å². The molecule has 0 spiro atoms. The maximum absolute atomic E-state index is 9.49. The van der Waals surface area contributed by atoms with Crippen LogP contribution in [0, 0.1) is 11.3 Å². The number of nitrogens with zero attached hydrogens (tertiary/aromatic N) is 4. The van der Waals surface area contributed by atoms with Gasteiger partial charge < -0.3 is 4.57 Å². The maximum Gasteiger partial charge on any atom is 0.174 e. The highest BCUT2D eigenvalue weighted by molar-refractivity contribution is 9.10. The number of aryl methyl sites for hydroxylation is 1. The van der Waals surface area contributed by atoms with Gasteiger partial charge in [0.2, 0.25) is 0 Å². The van der Waals surface area contributed by atoms with E-state index in [2.05, 4.69) is 36.8 Å².